The molecular weight excluding hydrogens is 511 g/mol. The number of ether oxygens (including phenoxy) is 1. The summed E-state index contributed by atoms with van der Waals surface area (Å²) in [7, 11) is 1.42. The number of methoxy groups -OCH3 is 1. The van der Waals surface area contributed by atoms with Crippen LogP contribution in [-0.4, -0.2) is 28.1 Å². The van der Waals surface area contributed by atoms with Gasteiger partial charge in [-0.1, -0.05) is 18.2 Å². The fraction of sp³-hybridized carbons (Fsp3) is 0.143. The number of rotatable bonds is 7. The summed E-state index contributed by atoms with van der Waals surface area (Å²) in [5, 5.41) is 25.1. The highest BCUT2D eigenvalue weighted by Crippen LogP contribution is 2.32. The predicted octanol–water partition coefficient (Wildman–Crippen LogP) is 6.17. The van der Waals surface area contributed by atoms with E-state index in [1.54, 1.807) is 42.5 Å². The van der Waals surface area contributed by atoms with Gasteiger partial charge in [-0.15, -0.1) is 0 Å². The second-order valence-electron chi connectivity index (χ2n) is 8.48. The molecule has 198 valence electrons. The quantitative estimate of drug-likeness (QED) is 0.260. The van der Waals surface area contributed by atoms with E-state index in [1.165, 1.54) is 25.3 Å². The Hall–Kier alpha value is -5.11. The smallest absolute Gasteiger partial charge is 0.416 e. The summed E-state index contributed by atoms with van der Waals surface area (Å²) in [6.45, 7) is 1.84. The fourth-order valence-corrected chi connectivity index (χ4v) is 3.79. The molecule has 0 saturated carbocycles. The van der Waals surface area contributed by atoms with Crippen LogP contribution >= 0.6 is 0 Å². The number of benzene rings is 3. The van der Waals surface area contributed by atoms with Gasteiger partial charge in [-0.25, -0.2) is 9.97 Å². The van der Waals surface area contributed by atoms with Gasteiger partial charge >= 0.3 is 6.18 Å². The maximum atomic E-state index is 13.0. The molecule has 0 aliphatic rings. The van der Waals surface area contributed by atoms with E-state index in [4.69, 9.17) is 4.74 Å². The van der Waals surface area contributed by atoms with Gasteiger partial charge in [0.05, 0.1) is 24.4 Å². The van der Waals surface area contributed by atoms with Gasteiger partial charge in [0.1, 0.15) is 11.9 Å². The van der Waals surface area contributed by atoms with Crippen LogP contribution in [0.25, 0.3) is 11.3 Å². The van der Waals surface area contributed by atoms with Crippen LogP contribution in [0, 0.1) is 11.3 Å². The van der Waals surface area contributed by atoms with Crippen LogP contribution in [0.4, 0.5) is 24.7 Å². The van der Waals surface area contributed by atoms with Crippen molar-refractivity contribution in [1.82, 2.24) is 9.97 Å². The second-order valence-corrected chi connectivity index (χ2v) is 8.48. The van der Waals surface area contributed by atoms with Crippen molar-refractivity contribution in [3.05, 3.63) is 95.3 Å². The average molecular weight is 534 g/mol. The minimum atomic E-state index is -4.56. The number of amides is 1. The number of halogens is 3. The lowest BCUT2D eigenvalue weighted by Gasteiger charge is -2.17. The van der Waals surface area contributed by atoms with Crippen LogP contribution in [0.2, 0.25) is 0 Å². The number of aromatic nitrogens is 2. The van der Waals surface area contributed by atoms with Gasteiger partial charge in [-0.3, -0.25) is 4.79 Å². The summed E-state index contributed by atoms with van der Waals surface area (Å²) in [4.78, 5) is 21.1. The highest BCUT2D eigenvalue weighted by atomic mass is 19.4. The van der Waals surface area contributed by atoms with Crippen molar-refractivity contribution >= 4 is 17.4 Å². The predicted molar refractivity (Wildman–Crippen MR) is 138 cm³/mol. The Kier molecular flexibility index (Phi) is 7.67. The van der Waals surface area contributed by atoms with Crippen LogP contribution in [-0.2, 0) is 6.18 Å². The number of phenols is 1. The Labute approximate surface area is 221 Å². The Morgan fingerprint density at radius 1 is 1.05 bits per heavy atom. The van der Waals surface area contributed by atoms with Gasteiger partial charge in [0.15, 0.2) is 11.5 Å². The zero-order valence-electron chi connectivity index (χ0n) is 20.7. The van der Waals surface area contributed by atoms with E-state index in [-0.39, 0.29) is 28.9 Å². The van der Waals surface area contributed by atoms with Gasteiger partial charge in [0.2, 0.25) is 5.82 Å². The van der Waals surface area contributed by atoms with Gasteiger partial charge in [0, 0.05) is 22.9 Å². The molecule has 1 unspecified atom stereocenters. The largest absolute Gasteiger partial charge is 0.504 e. The molecule has 11 heteroatoms. The van der Waals surface area contributed by atoms with E-state index in [1.807, 2.05) is 13.0 Å². The Bertz CT molecular complexity index is 1570. The number of alkyl halides is 3. The number of carbonyl (C=O) groups excluding carboxylic acids is 1. The van der Waals surface area contributed by atoms with Crippen LogP contribution in [0.3, 0.4) is 0 Å². The third-order valence-corrected chi connectivity index (χ3v) is 5.76. The van der Waals surface area contributed by atoms with E-state index >= 15 is 0 Å². The monoisotopic (exact) mass is 533 g/mol. The van der Waals surface area contributed by atoms with Gasteiger partial charge < -0.3 is 20.5 Å². The van der Waals surface area contributed by atoms with Crippen LogP contribution in [0.1, 0.15) is 40.3 Å². The first-order valence-electron chi connectivity index (χ1n) is 11.6. The van der Waals surface area contributed by atoms with Crippen LogP contribution < -0.4 is 15.4 Å². The minimum Gasteiger partial charge on any atom is -0.504 e. The first kappa shape index (κ1) is 26.9. The molecule has 0 bridgehead atoms. The number of nitrogens with one attached hydrogen (secondary N) is 2. The number of phenolic OH excluding ortho intramolecular Hbond substituents is 1. The molecular formula is C28H22F3N5O3. The maximum Gasteiger partial charge on any atom is 0.416 e. The number of hydrogen-bond donors (Lipinski definition) is 3. The molecule has 0 aliphatic carbocycles. The Balaban J connectivity index is 1.54. The average Bonchev–Trinajstić information content (AvgIpc) is 2.92. The molecule has 1 heterocycles. The zero-order valence-corrected chi connectivity index (χ0v) is 20.7. The van der Waals surface area contributed by atoms with E-state index in [9.17, 15) is 28.3 Å². The molecule has 4 rings (SSSR count). The first-order valence-corrected chi connectivity index (χ1v) is 11.6. The molecule has 0 aliphatic heterocycles. The lowest BCUT2D eigenvalue weighted by Crippen LogP contribution is -2.14. The van der Waals surface area contributed by atoms with Crippen molar-refractivity contribution in [2.75, 3.05) is 17.7 Å². The van der Waals surface area contributed by atoms with Gasteiger partial charge in [-0.2, -0.15) is 18.4 Å². The molecule has 0 saturated heterocycles. The van der Waals surface area contributed by atoms with Crippen molar-refractivity contribution in [3.8, 4) is 28.8 Å². The van der Waals surface area contributed by atoms with Crippen LogP contribution in [0.5, 0.6) is 11.5 Å². The zero-order chi connectivity index (χ0) is 28.2. The number of nitrogens with zero attached hydrogens (tertiary/aromatic N) is 3. The fourth-order valence-electron chi connectivity index (χ4n) is 3.79. The second kappa shape index (κ2) is 11.1. The number of carbonyl (C=O) groups is 1. The molecule has 0 radical (unpaired) electrons. The molecule has 8 nitrogen and oxygen atoms in total. The highest BCUT2D eigenvalue weighted by molar-refractivity contribution is 6.04. The maximum absolute atomic E-state index is 13.0. The molecule has 1 atom stereocenters. The number of nitriles is 1. The molecule has 39 heavy (non-hydrogen) atoms. The number of aromatic hydroxyl groups is 1. The standard InChI is InChI=1S/C28H22F3N5O3/c1-16(33-25-14-22(35-26(15-32)36-25)18-9-10-23(37)24(13-18)39-2)17-5-4-8-21(12-17)34-27(38)19-6-3-7-20(11-19)28(29,30)31/h3-14,16,37H,1-2H3,(H,34,38)(H,33,35,36). The third kappa shape index (κ3) is 6.42. The summed E-state index contributed by atoms with van der Waals surface area (Å²) in [5.74, 6) is -0.188. The first-order chi connectivity index (χ1) is 18.6. The van der Waals surface area contributed by atoms with E-state index in [2.05, 4.69) is 20.6 Å². The Morgan fingerprint density at radius 2 is 1.82 bits per heavy atom. The normalized spacial score (nSPS) is 11.8. The van der Waals surface area contributed by atoms with Crippen molar-refractivity contribution < 1.29 is 27.8 Å². The summed E-state index contributed by atoms with van der Waals surface area (Å²) in [6.07, 6.45) is -4.56. The summed E-state index contributed by atoms with van der Waals surface area (Å²) < 4.78 is 44.2. The molecule has 1 aromatic heterocycles. The van der Waals surface area contributed by atoms with Crippen LogP contribution in [0.15, 0.2) is 72.8 Å². The summed E-state index contributed by atoms with van der Waals surface area (Å²) in [5.41, 5.74) is 1.12. The highest BCUT2D eigenvalue weighted by Gasteiger charge is 2.30. The topological polar surface area (TPSA) is 120 Å². The SMILES string of the molecule is COc1cc(-c2cc(NC(C)c3cccc(NC(=O)c4cccc(C(F)(F)F)c4)c3)nc(C#N)n2)ccc1O. The van der Waals surface area contributed by atoms with Crippen molar-refractivity contribution in [2.24, 2.45) is 0 Å². The Morgan fingerprint density at radius 3 is 2.54 bits per heavy atom. The lowest BCUT2D eigenvalue weighted by molar-refractivity contribution is -0.137. The number of hydrogen-bond acceptors (Lipinski definition) is 7. The van der Waals surface area contributed by atoms with Gasteiger partial charge in [0.25, 0.3) is 5.91 Å². The van der Waals surface area contributed by atoms with Crippen molar-refractivity contribution in [2.45, 2.75) is 19.1 Å². The molecule has 3 N–H and O–H groups in total. The summed E-state index contributed by atoms with van der Waals surface area (Å²) >= 11 is 0. The van der Waals surface area contributed by atoms with Crippen molar-refractivity contribution in [3.63, 3.8) is 0 Å². The van der Waals surface area contributed by atoms with E-state index in [0.29, 0.717) is 22.8 Å². The van der Waals surface area contributed by atoms with E-state index in [0.717, 1.165) is 17.7 Å². The van der Waals surface area contributed by atoms with Gasteiger partial charge in [-0.05, 0) is 61.0 Å². The summed E-state index contributed by atoms with van der Waals surface area (Å²) in [6, 6.07) is 18.9. The minimum absolute atomic E-state index is 0.0391. The number of anilines is 2. The molecule has 3 aromatic carbocycles. The molecule has 0 fully saturated rings. The lowest BCUT2D eigenvalue weighted by atomic mass is 10.1. The molecule has 4 aromatic rings. The van der Waals surface area contributed by atoms with Crippen molar-refractivity contribution in [1.29, 1.82) is 5.26 Å². The van der Waals surface area contributed by atoms with E-state index < -0.39 is 17.6 Å². The third-order valence-electron chi connectivity index (χ3n) is 5.76. The molecule has 0 spiro atoms. The molecule has 1 amide bonds.